The molecule has 0 radical (unpaired) electrons. The van der Waals surface area contributed by atoms with E-state index in [9.17, 15) is 14.4 Å². The predicted octanol–water partition coefficient (Wildman–Crippen LogP) is 0.224. The molecular formula is C13H20N2O4. The van der Waals surface area contributed by atoms with Crippen LogP contribution in [0, 0.1) is 11.8 Å². The van der Waals surface area contributed by atoms with Crippen molar-refractivity contribution in [2.24, 2.45) is 11.8 Å². The number of nitrogens with zero attached hydrogens (tertiary/aromatic N) is 1. The third-order valence-electron chi connectivity index (χ3n) is 4.08. The third-order valence-corrected chi connectivity index (χ3v) is 4.08. The summed E-state index contributed by atoms with van der Waals surface area (Å²) in [6.07, 6.45) is 2.93. The lowest BCUT2D eigenvalue weighted by molar-refractivity contribution is -0.144. The predicted molar refractivity (Wildman–Crippen MR) is 67.3 cm³/mol. The number of carbonyl (C=O) groups is 3. The van der Waals surface area contributed by atoms with Gasteiger partial charge in [-0.3, -0.25) is 14.4 Å². The fourth-order valence-electron chi connectivity index (χ4n) is 2.93. The number of carbonyl (C=O) groups excluding carboxylic acids is 2. The molecule has 19 heavy (non-hydrogen) atoms. The number of rotatable bonds is 3. The van der Waals surface area contributed by atoms with E-state index in [4.69, 9.17) is 5.11 Å². The Morgan fingerprint density at radius 3 is 2.58 bits per heavy atom. The molecule has 0 aromatic carbocycles. The lowest BCUT2D eigenvalue weighted by Gasteiger charge is -2.26. The van der Waals surface area contributed by atoms with Gasteiger partial charge in [-0.2, -0.15) is 0 Å². The van der Waals surface area contributed by atoms with Crippen molar-refractivity contribution in [3.8, 4) is 0 Å². The zero-order valence-corrected chi connectivity index (χ0v) is 11.1. The van der Waals surface area contributed by atoms with Crippen molar-refractivity contribution in [3.63, 3.8) is 0 Å². The number of likely N-dealkylation sites (N-methyl/N-ethyl adjacent to an activating group) is 1. The van der Waals surface area contributed by atoms with Crippen LogP contribution in [-0.2, 0) is 14.4 Å². The molecule has 0 bridgehead atoms. The van der Waals surface area contributed by atoms with Gasteiger partial charge in [0.15, 0.2) is 0 Å². The average molecular weight is 268 g/mol. The molecule has 106 valence electrons. The van der Waals surface area contributed by atoms with Crippen LogP contribution in [0.5, 0.6) is 0 Å². The molecule has 1 saturated heterocycles. The second-order valence-corrected chi connectivity index (χ2v) is 5.58. The summed E-state index contributed by atoms with van der Waals surface area (Å²) < 4.78 is 0. The fourth-order valence-corrected chi connectivity index (χ4v) is 2.93. The zero-order chi connectivity index (χ0) is 14.0. The molecule has 0 aromatic heterocycles. The largest absolute Gasteiger partial charge is 0.481 e. The van der Waals surface area contributed by atoms with Gasteiger partial charge in [0, 0.05) is 25.9 Å². The van der Waals surface area contributed by atoms with E-state index < -0.39 is 11.9 Å². The van der Waals surface area contributed by atoms with Crippen molar-refractivity contribution in [3.05, 3.63) is 0 Å². The number of likely N-dealkylation sites (tertiary alicyclic amines) is 1. The van der Waals surface area contributed by atoms with Gasteiger partial charge < -0.3 is 15.3 Å². The summed E-state index contributed by atoms with van der Waals surface area (Å²) in [6.45, 7) is 0.541. The standard InChI is InChI=1S/C13H20N2O4/c1-15-7-10(6-11(15)16)14-12(17)8-3-2-4-9(5-8)13(18)19/h8-10H,2-7H2,1H3,(H,14,17)(H,18,19). The van der Waals surface area contributed by atoms with Crippen molar-refractivity contribution in [2.75, 3.05) is 13.6 Å². The molecule has 3 atom stereocenters. The van der Waals surface area contributed by atoms with E-state index in [-0.39, 0.29) is 23.8 Å². The topological polar surface area (TPSA) is 86.7 Å². The first-order valence-corrected chi connectivity index (χ1v) is 6.74. The number of hydrogen-bond acceptors (Lipinski definition) is 3. The summed E-state index contributed by atoms with van der Waals surface area (Å²) >= 11 is 0. The Morgan fingerprint density at radius 1 is 1.32 bits per heavy atom. The van der Waals surface area contributed by atoms with E-state index in [0.717, 1.165) is 12.8 Å². The van der Waals surface area contributed by atoms with Crippen molar-refractivity contribution in [1.82, 2.24) is 10.2 Å². The van der Waals surface area contributed by atoms with Gasteiger partial charge in [0.05, 0.1) is 12.0 Å². The minimum absolute atomic E-state index is 0.0392. The second kappa shape index (κ2) is 5.59. The highest BCUT2D eigenvalue weighted by Gasteiger charge is 2.34. The minimum atomic E-state index is -0.812. The van der Waals surface area contributed by atoms with Gasteiger partial charge >= 0.3 is 5.97 Å². The summed E-state index contributed by atoms with van der Waals surface area (Å²) in [7, 11) is 1.72. The Morgan fingerprint density at radius 2 is 2.00 bits per heavy atom. The van der Waals surface area contributed by atoms with Gasteiger partial charge in [-0.25, -0.2) is 0 Å². The molecule has 3 unspecified atom stereocenters. The van der Waals surface area contributed by atoms with Crippen LogP contribution in [0.25, 0.3) is 0 Å². The lowest BCUT2D eigenvalue weighted by Crippen LogP contribution is -2.42. The van der Waals surface area contributed by atoms with Crippen LogP contribution in [0.3, 0.4) is 0 Å². The van der Waals surface area contributed by atoms with Crippen LogP contribution < -0.4 is 5.32 Å². The molecule has 6 heteroatoms. The maximum Gasteiger partial charge on any atom is 0.306 e. The van der Waals surface area contributed by atoms with Gasteiger partial charge in [0.1, 0.15) is 0 Å². The Balaban J connectivity index is 1.86. The molecule has 2 amide bonds. The Labute approximate surface area is 112 Å². The molecule has 1 heterocycles. The number of carboxylic acids is 1. The average Bonchev–Trinajstić information content (AvgIpc) is 2.68. The molecule has 2 N–H and O–H groups in total. The van der Waals surface area contributed by atoms with E-state index in [1.165, 1.54) is 0 Å². The quantitative estimate of drug-likeness (QED) is 0.767. The van der Waals surface area contributed by atoms with Gasteiger partial charge in [-0.1, -0.05) is 6.42 Å². The van der Waals surface area contributed by atoms with E-state index in [1.807, 2.05) is 0 Å². The van der Waals surface area contributed by atoms with Crippen LogP contribution in [0.4, 0.5) is 0 Å². The van der Waals surface area contributed by atoms with E-state index in [0.29, 0.717) is 25.8 Å². The van der Waals surface area contributed by atoms with Gasteiger partial charge in [0.2, 0.25) is 11.8 Å². The highest BCUT2D eigenvalue weighted by molar-refractivity contribution is 5.83. The molecule has 0 spiro atoms. The van der Waals surface area contributed by atoms with E-state index in [2.05, 4.69) is 5.32 Å². The molecule has 2 rings (SSSR count). The summed E-state index contributed by atoms with van der Waals surface area (Å²) in [4.78, 5) is 36.1. The number of aliphatic carboxylic acids is 1. The Kier molecular flexibility index (Phi) is 4.07. The molecule has 1 aliphatic carbocycles. The van der Waals surface area contributed by atoms with Crippen LogP contribution in [0.1, 0.15) is 32.1 Å². The van der Waals surface area contributed by atoms with E-state index >= 15 is 0 Å². The number of carboxylic acid groups (broad SMARTS) is 1. The van der Waals surface area contributed by atoms with Crippen LogP contribution in [-0.4, -0.2) is 47.4 Å². The van der Waals surface area contributed by atoms with Gasteiger partial charge in [-0.15, -0.1) is 0 Å². The monoisotopic (exact) mass is 268 g/mol. The molecule has 6 nitrogen and oxygen atoms in total. The summed E-state index contributed by atoms with van der Waals surface area (Å²) in [5.74, 6) is -1.50. The lowest BCUT2D eigenvalue weighted by atomic mass is 9.81. The second-order valence-electron chi connectivity index (χ2n) is 5.58. The van der Waals surface area contributed by atoms with Crippen molar-refractivity contribution >= 4 is 17.8 Å². The normalized spacial score (nSPS) is 31.3. The maximum atomic E-state index is 12.1. The third kappa shape index (κ3) is 3.24. The molecule has 2 fully saturated rings. The zero-order valence-electron chi connectivity index (χ0n) is 11.1. The Hall–Kier alpha value is -1.59. The SMILES string of the molecule is CN1CC(NC(=O)C2CCCC(C(=O)O)C2)CC1=O. The Bertz CT molecular complexity index is 396. The minimum Gasteiger partial charge on any atom is -0.481 e. The van der Waals surface area contributed by atoms with Gasteiger partial charge in [-0.05, 0) is 19.3 Å². The highest BCUT2D eigenvalue weighted by atomic mass is 16.4. The molecular weight excluding hydrogens is 248 g/mol. The maximum absolute atomic E-state index is 12.1. The van der Waals surface area contributed by atoms with Crippen LogP contribution in [0.2, 0.25) is 0 Å². The highest BCUT2D eigenvalue weighted by Crippen LogP contribution is 2.29. The van der Waals surface area contributed by atoms with Crippen molar-refractivity contribution < 1.29 is 19.5 Å². The van der Waals surface area contributed by atoms with E-state index in [1.54, 1.807) is 11.9 Å². The summed E-state index contributed by atoms with van der Waals surface area (Å²) in [5, 5.41) is 11.9. The molecule has 2 aliphatic rings. The van der Waals surface area contributed by atoms with Crippen LogP contribution in [0.15, 0.2) is 0 Å². The van der Waals surface area contributed by atoms with Gasteiger partial charge in [0.25, 0.3) is 0 Å². The van der Waals surface area contributed by atoms with Crippen molar-refractivity contribution in [1.29, 1.82) is 0 Å². The fraction of sp³-hybridized carbons (Fsp3) is 0.769. The number of nitrogens with one attached hydrogen (secondary N) is 1. The molecule has 0 aromatic rings. The van der Waals surface area contributed by atoms with Crippen molar-refractivity contribution in [2.45, 2.75) is 38.1 Å². The smallest absolute Gasteiger partial charge is 0.306 e. The molecule has 1 saturated carbocycles. The molecule has 1 aliphatic heterocycles. The number of amides is 2. The summed E-state index contributed by atoms with van der Waals surface area (Å²) in [6, 6.07) is -0.129. The summed E-state index contributed by atoms with van der Waals surface area (Å²) in [5.41, 5.74) is 0. The first kappa shape index (κ1) is 13.8. The first-order valence-electron chi connectivity index (χ1n) is 6.74. The van der Waals surface area contributed by atoms with Crippen LogP contribution >= 0.6 is 0 Å². The number of hydrogen-bond donors (Lipinski definition) is 2. The first-order chi connectivity index (χ1) is 8.97.